The number of aliphatic hydroxyl groups excluding tert-OH is 2. The maximum atomic E-state index is 9.03. The fourth-order valence-corrected chi connectivity index (χ4v) is 1.61. The van der Waals surface area contributed by atoms with Crippen LogP contribution in [0.4, 0.5) is 0 Å². The molecule has 0 saturated heterocycles. The van der Waals surface area contributed by atoms with Gasteiger partial charge >= 0.3 is 0 Å². The fraction of sp³-hybridized carbons (Fsp3) is 0.909. The summed E-state index contributed by atoms with van der Waals surface area (Å²) in [5, 5.41) is 17.9. The number of rotatable bonds is 8. The largest absolute Gasteiger partial charge is 0.502 e. The molecule has 0 aromatic carbocycles. The molecule has 0 radical (unpaired) electrons. The van der Waals surface area contributed by atoms with Crippen LogP contribution in [-0.4, -0.2) is 21.9 Å². The molecule has 0 aliphatic carbocycles. The van der Waals surface area contributed by atoms with Crippen LogP contribution in [0, 0.1) is 11.8 Å². The van der Waals surface area contributed by atoms with E-state index in [2.05, 4.69) is 26.1 Å². The van der Waals surface area contributed by atoms with Crippen molar-refractivity contribution in [1.82, 2.24) is 0 Å². The average Bonchev–Trinajstić information content (AvgIpc) is 2.10. The quantitative estimate of drug-likeness (QED) is 0.409. The smallest absolute Gasteiger partial charge is 0.161 e. The van der Waals surface area contributed by atoms with Gasteiger partial charge < -0.3 is 10.2 Å². The normalized spacial score (nSPS) is 12.3. The Balaban J connectivity index is 0. The van der Waals surface area contributed by atoms with Gasteiger partial charge in [-0.25, -0.2) is 0 Å². The topological polar surface area (TPSA) is 40.5 Å². The van der Waals surface area contributed by atoms with Crippen LogP contribution in [0.2, 0.25) is 0 Å². The minimum absolute atomic E-state index is 0. The van der Waals surface area contributed by atoms with Crippen molar-refractivity contribution in [2.24, 2.45) is 11.8 Å². The maximum absolute atomic E-state index is 9.03. The van der Waals surface area contributed by atoms with Gasteiger partial charge in [-0.2, -0.15) is 0 Å². The summed E-state index contributed by atoms with van der Waals surface area (Å²) in [5.74, 6) is 0.576. The van der Waals surface area contributed by atoms with Gasteiger partial charge in [0.1, 0.15) is 0 Å². The summed E-state index contributed by atoms with van der Waals surface area (Å²) in [6, 6.07) is 0. The monoisotopic (exact) mass is 324 g/mol. The molecule has 0 amide bonds. The molecular weight excluding hydrogens is 303 g/mol. The van der Waals surface area contributed by atoms with Gasteiger partial charge in [-0.1, -0.05) is 39.5 Å². The molecule has 0 spiro atoms. The summed E-state index contributed by atoms with van der Waals surface area (Å²) in [7, 11) is 0. The number of thiocarbonyl (C=S) groups is 1. The van der Waals surface area contributed by atoms with Crippen LogP contribution in [-0.2, 0) is 20.4 Å². The second-order valence-electron chi connectivity index (χ2n) is 4.25. The first kappa shape index (κ1) is 17.9. The van der Waals surface area contributed by atoms with E-state index in [4.69, 9.17) is 10.2 Å². The van der Waals surface area contributed by atoms with Crippen molar-refractivity contribution in [2.45, 2.75) is 46.0 Å². The molecule has 4 heteroatoms. The van der Waals surface area contributed by atoms with Gasteiger partial charge in [0.25, 0.3) is 0 Å². The molecule has 94 valence electrons. The summed E-state index contributed by atoms with van der Waals surface area (Å²) in [4.78, 5) is 0. The molecule has 0 bridgehead atoms. The first-order valence-corrected chi connectivity index (χ1v) is 5.82. The predicted octanol–water partition coefficient (Wildman–Crippen LogP) is 3.08. The van der Waals surface area contributed by atoms with E-state index < -0.39 is 0 Å². The van der Waals surface area contributed by atoms with Crippen LogP contribution in [0.5, 0.6) is 0 Å². The molecule has 1 unspecified atom stereocenters. The van der Waals surface area contributed by atoms with Gasteiger partial charge in [0.05, 0.1) is 12.5 Å². The Morgan fingerprint density at radius 2 is 1.67 bits per heavy atom. The summed E-state index contributed by atoms with van der Waals surface area (Å²) in [6.07, 6.45) is 5.50. The Morgan fingerprint density at radius 3 is 2.07 bits per heavy atom. The van der Waals surface area contributed by atoms with Crippen molar-refractivity contribution in [3.63, 3.8) is 0 Å². The predicted molar refractivity (Wildman–Crippen MR) is 63.7 cm³/mol. The molecule has 15 heavy (non-hydrogen) atoms. The summed E-state index contributed by atoms with van der Waals surface area (Å²) in [6.45, 7) is 4.41. The minimum Gasteiger partial charge on any atom is -0.502 e. The van der Waals surface area contributed by atoms with E-state index in [1.807, 2.05) is 0 Å². The van der Waals surface area contributed by atoms with E-state index in [9.17, 15) is 0 Å². The molecule has 0 aliphatic rings. The molecule has 2 N–H and O–H groups in total. The Morgan fingerprint density at radius 1 is 1.13 bits per heavy atom. The second kappa shape index (κ2) is 11.0. The molecular formula is C11H22O2PdS. The SMILES string of the molecule is CC(C)CCCCCC(CO)C(O)=S.[Pd]. The van der Waals surface area contributed by atoms with Gasteiger partial charge in [-0.05, 0) is 24.6 Å². The van der Waals surface area contributed by atoms with Gasteiger partial charge in [-0.15, -0.1) is 0 Å². The zero-order valence-electron chi connectivity index (χ0n) is 9.52. The number of hydrogen-bond acceptors (Lipinski definition) is 2. The molecule has 2 nitrogen and oxygen atoms in total. The van der Waals surface area contributed by atoms with Crippen molar-refractivity contribution in [3.8, 4) is 0 Å². The summed E-state index contributed by atoms with van der Waals surface area (Å²) < 4.78 is 0. The van der Waals surface area contributed by atoms with Crippen LogP contribution in [0.15, 0.2) is 0 Å². The van der Waals surface area contributed by atoms with E-state index in [-0.39, 0.29) is 38.0 Å². The van der Waals surface area contributed by atoms with Crippen molar-refractivity contribution >= 4 is 17.3 Å². The van der Waals surface area contributed by atoms with Crippen LogP contribution in [0.1, 0.15) is 46.0 Å². The summed E-state index contributed by atoms with van der Waals surface area (Å²) in [5.41, 5.74) is 0. The van der Waals surface area contributed by atoms with Crippen LogP contribution < -0.4 is 0 Å². The third-order valence-electron chi connectivity index (χ3n) is 2.40. The van der Waals surface area contributed by atoms with E-state index in [0.29, 0.717) is 0 Å². The van der Waals surface area contributed by atoms with E-state index in [1.54, 1.807) is 0 Å². The number of aliphatic hydroxyl groups is 2. The van der Waals surface area contributed by atoms with E-state index in [0.717, 1.165) is 25.2 Å². The Kier molecular flexibility index (Phi) is 13.1. The Labute approximate surface area is 112 Å². The van der Waals surface area contributed by atoms with E-state index >= 15 is 0 Å². The molecule has 0 aromatic heterocycles. The molecule has 1 atom stereocenters. The molecule has 0 aromatic rings. The van der Waals surface area contributed by atoms with Crippen LogP contribution >= 0.6 is 12.2 Å². The average molecular weight is 325 g/mol. The van der Waals surface area contributed by atoms with E-state index in [1.165, 1.54) is 12.8 Å². The maximum Gasteiger partial charge on any atom is 0.161 e. The number of hydrogen-bond donors (Lipinski definition) is 2. The zero-order valence-corrected chi connectivity index (χ0v) is 11.9. The van der Waals surface area contributed by atoms with Crippen molar-refractivity contribution in [1.29, 1.82) is 0 Å². The van der Waals surface area contributed by atoms with Crippen molar-refractivity contribution in [3.05, 3.63) is 0 Å². The zero-order chi connectivity index (χ0) is 11.0. The molecule has 0 aliphatic heterocycles. The second-order valence-corrected chi connectivity index (χ2v) is 4.67. The van der Waals surface area contributed by atoms with Crippen LogP contribution in [0.25, 0.3) is 0 Å². The van der Waals surface area contributed by atoms with Gasteiger partial charge in [-0.3, -0.25) is 0 Å². The fourth-order valence-electron chi connectivity index (χ4n) is 1.41. The molecule has 0 fully saturated rings. The minimum atomic E-state index is -0.191. The third-order valence-corrected chi connectivity index (χ3v) is 2.74. The Bertz CT molecular complexity index is 163. The van der Waals surface area contributed by atoms with Crippen LogP contribution in [0.3, 0.4) is 0 Å². The molecule has 0 saturated carbocycles. The molecule has 0 heterocycles. The summed E-state index contributed by atoms with van der Waals surface area (Å²) >= 11 is 4.63. The van der Waals surface area contributed by atoms with Crippen molar-refractivity contribution < 1.29 is 30.6 Å². The first-order chi connectivity index (χ1) is 6.57. The number of unbranched alkanes of at least 4 members (excludes halogenated alkanes) is 2. The van der Waals surface area contributed by atoms with Gasteiger partial charge in [0.2, 0.25) is 0 Å². The van der Waals surface area contributed by atoms with Gasteiger partial charge in [0, 0.05) is 20.4 Å². The van der Waals surface area contributed by atoms with Crippen molar-refractivity contribution in [2.75, 3.05) is 6.61 Å². The standard InChI is InChI=1S/C11H22O2S.Pd/c1-9(2)6-4-3-5-7-10(8-12)11(13)14;/h9-10,12H,3-8H2,1-2H3,(H,13,14);. The first-order valence-electron chi connectivity index (χ1n) is 5.41. The third kappa shape index (κ3) is 10.8. The van der Waals surface area contributed by atoms with Gasteiger partial charge in [0.15, 0.2) is 5.05 Å². The Hall–Kier alpha value is 0.512. The molecule has 0 rings (SSSR count).